The van der Waals surface area contributed by atoms with E-state index in [-0.39, 0.29) is 29.6 Å². The molecule has 24 heavy (non-hydrogen) atoms. The molecule has 0 radical (unpaired) electrons. The van der Waals surface area contributed by atoms with Gasteiger partial charge in [-0.05, 0) is 34.6 Å². The van der Waals surface area contributed by atoms with E-state index in [1.54, 1.807) is 4.52 Å². The van der Waals surface area contributed by atoms with E-state index in [4.69, 9.17) is 4.74 Å². The summed E-state index contributed by atoms with van der Waals surface area (Å²) in [6, 6.07) is 1.46. The number of amides is 1. The molecule has 1 unspecified atom stereocenters. The van der Waals surface area contributed by atoms with E-state index < -0.39 is 0 Å². The van der Waals surface area contributed by atoms with Gasteiger partial charge in [0.25, 0.3) is 5.56 Å². The third-order valence-electron chi connectivity index (χ3n) is 4.45. The van der Waals surface area contributed by atoms with Crippen molar-refractivity contribution in [3.8, 4) is 0 Å². The fourth-order valence-electron chi connectivity index (χ4n) is 3.52. The Bertz CT molecular complexity index is 849. The van der Waals surface area contributed by atoms with Gasteiger partial charge in [-0.1, -0.05) is 0 Å². The second-order valence-electron chi connectivity index (χ2n) is 7.21. The summed E-state index contributed by atoms with van der Waals surface area (Å²) in [7, 11) is 0. The molecule has 1 aliphatic heterocycles. The smallest absolute Gasteiger partial charge is 0.266 e. The van der Waals surface area contributed by atoms with Crippen LogP contribution in [0.4, 0.5) is 0 Å². The minimum atomic E-state index is -0.342. The van der Waals surface area contributed by atoms with Gasteiger partial charge < -0.3 is 9.64 Å². The van der Waals surface area contributed by atoms with Gasteiger partial charge in [-0.3, -0.25) is 14.7 Å². The van der Waals surface area contributed by atoms with Crippen LogP contribution in [0.2, 0.25) is 0 Å². The minimum Gasteiger partial charge on any atom is -0.369 e. The first-order chi connectivity index (χ1) is 11.2. The van der Waals surface area contributed by atoms with Crippen molar-refractivity contribution in [2.75, 3.05) is 13.1 Å². The van der Waals surface area contributed by atoms with Crippen LogP contribution in [0, 0.1) is 13.8 Å². The van der Waals surface area contributed by atoms with Gasteiger partial charge in [0.1, 0.15) is 0 Å². The molecule has 1 amide bonds. The van der Waals surface area contributed by atoms with Crippen LogP contribution in [-0.2, 0) is 16.0 Å². The summed E-state index contributed by atoms with van der Waals surface area (Å²) < 4.78 is 7.50. The molecular formula is C17H24N4O3. The molecule has 1 fully saturated rings. The van der Waals surface area contributed by atoms with Gasteiger partial charge in [-0.15, -0.1) is 0 Å². The lowest BCUT2D eigenvalue weighted by molar-refractivity contribution is -0.157. The number of carbonyl (C=O) groups excluding carboxylic acids is 1. The lowest BCUT2D eigenvalue weighted by atomic mass is 10.0. The third-order valence-corrected chi connectivity index (χ3v) is 4.45. The summed E-state index contributed by atoms with van der Waals surface area (Å²) in [6.45, 7) is 10.9. The molecule has 2 aromatic heterocycles. The average Bonchev–Trinajstić information content (AvgIpc) is 2.81. The molecule has 3 rings (SSSR count). The number of rotatable bonds is 2. The van der Waals surface area contributed by atoms with Crippen LogP contribution in [0.15, 0.2) is 10.9 Å². The summed E-state index contributed by atoms with van der Waals surface area (Å²) in [5.74, 6) is 0.0556. The second kappa shape index (κ2) is 5.73. The molecule has 1 aliphatic rings. The molecule has 3 heterocycles. The number of aryl methyl sites for hydroxylation is 2. The highest BCUT2D eigenvalue weighted by Gasteiger charge is 2.33. The summed E-state index contributed by atoms with van der Waals surface area (Å²) in [6.07, 6.45) is 0.283. The second-order valence-corrected chi connectivity index (χ2v) is 7.21. The Balaban J connectivity index is 1.89. The first-order valence-electron chi connectivity index (χ1n) is 8.20. The molecule has 130 valence electrons. The van der Waals surface area contributed by atoms with E-state index in [1.807, 2.05) is 39.5 Å². The molecule has 0 spiro atoms. The minimum absolute atomic E-state index is 0.0151. The largest absolute Gasteiger partial charge is 0.369 e. The Morgan fingerprint density at radius 1 is 1.46 bits per heavy atom. The van der Waals surface area contributed by atoms with Crippen molar-refractivity contribution < 1.29 is 9.53 Å². The number of fused-ring (bicyclic) bond motifs is 1. The number of aromatic nitrogens is 3. The van der Waals surface area contributed by atoms with Crippen molar-refractivity contribution in [2.24, 2.45) is 0 Å². The summed E-state index contributed by atoms with van der Waals surface area (Å²) in [5.41, 5.74) is 2.51. The number of hydrogen-bond donors (Lipinski definition) is 1. The van der Waals surface area contributed by atoms with Crippen LogP contribution in [0.5, 0.6) is 0 Å². The van der Waals surface area contributed by atoms with Gasteiger partial charge in [-0.25, -0.2) is 9.50 Å². The van der Waals surface area contributed by atoms with Crippen molar-refractivity contribution in [2.45, 2.75) is 52.7 Å². The normalized spacial score (nSPS) is 20.5. The van der Waals surface area contributed by atoms with Crippen LogP contribution in [-0.4, -0.2) is 50.2 Å². The number of morpholine rings is 1. The molecule has 1 N–H and O–H groups in total. The molecule has 2 aromatic rings. The SMILES string of the molecule is Cc1nc2cc(=O)[nH]n2c(C)c1CC(=O)N1CC(C)OC(C)(C)C1. The predicted molar refractivity (Wildman–Crippen MR) is 90.2 cm³/mol. The maximum Gasteiger partial charge on any atom is 0.266 e. The first kappa shape index (κ1) is 16.7. The summed E-state index contributed by atoms with van der Waals surface area (Å²) in [5, 5.41) is 2.72. The van der Waals surface area contributed by atoms with E-state index in [2.05, 4.69) is 10.1 Å². The van der Waals surface area contributed by atoms with Crippen LogP contribution in [0.3, 0.4) is 0 Å². The molecule has 0 bridgehead atoms. The number of carbonyl (C=O) groups is 1. The molecule has 1 saturated heterocycles. The van der Waals surface area contributed by atoms with Crippen molar-refractivity contribution in [1.29, 1.82) is 0 Å². The molecule has 7 nitrogen and oxygen atoms in total. The van der Waals surface area contributed by atoms with E-state index in [9.17, 15) is 9.59 Å². The Labute approximate surface area is 140 Å². The lowest BCUT2D eigenvalue weighted by Gasteiger charge is -2.41. The predicted octanol–water partition coefficient (Wildman–Crippen LogP) is 1.21. The molecule has 0 aromatic carbocycles. The van der Waals surface area contributed by atoms with Gasteiger partial charge in [0.05, 0.1) is 18.1 Å². The molecular weight excluding hydrogens is 308 g/mol. The van der Waals surface area contributed by atoms with Gasteiger partial charge in [0.15, 0.2) is 5.65 Å². The highest BCUT2D eigenvalue weighted by molar-refractivity contribution is 5.79. The Hall–Kier alpha value is -2.15. The quantitative estimate of drug-likeness (QED) is 0.896. The van der Waals surface area contributed by atoms with Crippen LogP contribution in [0.25, 0.3) is 5.65 Å². The average molecular weight is 332 g/mol. The molecule has 0 saturated carbocycles. The zero-order valence-electron chi connectivity index (χ0n) is 14.8. The highest BCUT2D eigenvalue weighted by atomic mass is 16.5. The van der Waals surface area contributed by atoms with E-state index >= 15 is 0 Å². The van der Waals surface area contributed by atoms with Gasteiger partial charge in [0.2, 0.25) is 5.91 Å². The zero-order valence-corrected chi connectivity index (χ0v) is 14.8. The van der Waals surface area contributed by atoms with Crippen molar-refractivity contribution in [1.82, 2.24) is 19.5 Å². The van der Waals surface area contributed by atoms with E-state index in [0.717, 1.165) is 17.0 Å². The van der Waals surface area contributed by atoms with Crippen molar-refractivity contribution >= 4 is 11.6 Å². The number of nitrogens with one attached hydrogen (secondary N) is 1. The van der Waals surface area contributed by atoms with Crippen molar-refractivity contribution in [3.05, 3.63) is 33.4 Å². The first-order valence-corrected chi connectivity index (χ1v) is 8.20. The third kappa shape index (κ3) is 3.08. The number of H-pyrrole nitrogens is 1. The highest BCUT2D eigenvalue weighted by Crippen LogP contribution is 2.22. The lowest BCUT2D eigenvalue weighted by Crippen LogP contribution is -2.54. The molecule has 0 aliphatic carbocycles. The molecule has 1 atom stereocenters. The van der Waals surface area contributed by atoms with Crippen molar-refractivity contribution in [3.63, 3.8) is 0 Å². The topological polar surface area (TPSA) is 79.7 Å². The van der Waals surface area contributed by atoms with E-state index in [0.29, 0.717) is 18.7 Å². The number of ether oxygens (including phenoxy) is 1. The number of hydrogen-bond acceptors (Lipinski definition) is 4. The zero-order chi connectivity index (χ0) is 17.6. The Morgan fingerprint density at radius 2 is 2.17 bits per heavy atom. The van der Waals surface area contributed by atoms with Crippen LogP contribution < -0.4 is 5.56 Å². The van der Waals surface area contributed by atoms with Gasteiger partial charge >= 0.3 is 0 Å². The maximum atomic E-state index is 12.8. The summed E-state index contributed by atoms with van der Waals surface area (Å²) in [4.78, 5) is 30.6. The molecule has 7 heteroatoms. The van der Waals surface area contributed by atoms with Gasteiger partial charge in [-0.2, -0.15) is 0 Å². The Morgan fingerprint density at radius 3 is 2.83 bits per heavy atom. The fourth-order valence-corrected chi connectivity index (χ4v) is 3.52. The number of nitrogens with zero attached hydrogens (tertiary/aromatic N) is 3. The number of aromatic amines is 1. The summed E-state index contributed by atoms with van der Waals surface area (Å²) >= 11 is 0. The maximum absolute atomic E-state index is 12.8. The Kier molecular flexibility index (Phi) is 3.99. The standard InChI is InChI=1S/C17H24N4O3/c1-10-8-20(9-17(4,5)24-10)16(23)6-13-11(2)18-14-7-15(22)19-21(14)12(13)3/h7,10H,6,8-9H2,1-5H3,(H,19,22). The van der Waals surface area contributed by atoms with Crippen LogP contribution >= 0.6 is 0 Å². The monoisotopic (exact) mass is 332 g/mol. The van der Waals surface area contributed by atoms with Crippen LogP contribution in [0.1, 0.15) is 37.7 Å². The fraction of sp³-hybridized carbons (Fsp3) is 0.588. The van der Waals surface area contributed by atoms with Gasteiger partial charge in [0, 0.05) is 36.1 Å². The van der Waals surface area contributed by atoms with E-state index in [1.165, 1.54) is 6.07 Å².